The zero-order valence-electron chi connectivity index (χ0n) is 17.6. The molecule has 2 aromatic heterocycles. The van der Waals surface area contributed by atoms with Crippen molar-refractivity contribution < 1.29 is 14.2 Å². The summed E-state index contributed by atoms with van der Waals surface area (Å²) in [5, 5.41) is 0. The van der Waals surface area contributed by atoms with Gasteiger partial charge >= 0.3 is 0 Å². The molecule has 0 radical (unpaired) electrons. The molecule has 0 amide bonds. The Balaban J connectivity index is 1.47. The van der Waals surface area contributed by atoms with Crippen LogP contribution in [0.2, 0.25) is 0 Å². The number of anilines is 1. The van der Waals surface area contributed by atoms with Crippen molar-refractivity contribution in [2.24, 2.45) is 0 Å². The number of hydrogen-bond donors (Lipinski definition) is 1. The van der Waals surface area contributed by atoms with E-state index < -0.39 is 0 Å². The van der Waals surface area contributed by atoms with Crippen LogP contribution in [0, 0.1) is 0 Å². The second-order valence-corrected chi connectivity index (χ2v) is 7.37. The van der Waals surface area contributed by atoms with E-state index in [1.165, 1.54) is 5.56 Å². The SMILES string of the molecule is COCCOc1cccc(CN2CCO[C@@H](c3ncncc3-c3ccnc(N)c3)C2)c1. The molecule has 3 heterocycles. The molecule has 1 aliphatic rings. The number of methoxy groups -OCH3 is 1. The smallest absolute Gasteiger partial charge is 0.123 e. The second kappa shape index (κ2) is 10.3. The molecule has 0 aliphatic carbocycles. The molecule has 0 unspecified atom stereocenters. The number of rotatable bonds is 8. The van der Waals surface area contributed by atoms with Crippen LogP contribution < -0.4 is 10.5 Å². The fourth-order valence-corrected chi connectivity index (χ4v) is 3.68. The van der Waals surface area contributed by atoms with E-state index in [4.69, 9.17) is 19.9 Å². The van der Waals surface area contributed by atoms with Crippen LogP contribution in [0.3, 0.4) is 0 Å². The third-order valence-electron chi connectivity index (χ3n) is 5.15. The van der Waals surface area contributed by atoms with E-state index >= 15 is 0 Å². The quantitative estimate of drug-likeness (QED) is 0.555. The molecule has 0 bridgehead atoms. The van der Waals surface area contributed by atoms with E-state index in [-0.39, 0.29) is 6.10 Å². The monoisotopic (exact) mass is 421 g/mol. The Kier molecular flexibility index (Phi) is 7.03. The van der Waals surface area contributed by atoms with Crippen LogP contribution in [0.25, 0.3) is 11.1 Å². The highest BCUT2D eigenvalue weighted by Crippen LogP contribution is 2.31. The molecular weight excluding hydrogens is 394 g/mol. The molecule has 3 aromatic rings. The van der Waals surface area contributed by atoms with Crippen LogP contribution >= 0.6 is 0 Å². The second-order valence-electron chi connectivity index (χ2n) is 7.37. The first-order valence-electron chi connectivity index (χ1n) is 10.3. The van der Waals surface area contributed by atoms with Gasteiger partial charge in [0.25, 0.3) is 0 Å². The van der Waals surface area contributed by atoms with Crippen molar-refractivity contribution >= 4 is 5.82 Å². The highest BCUT2D eigenvalue weighted by molar-refractivity contribution is 5.67. The van der Waals surface area contributed by atoms with Gasteiger partial charge in [0, 0.05) is 44.7 Å². The van der Waals surface area contributed by atoms with Gasteiger partial charge in [-0.05, 0) is 35.4 Å². The fourth-order valence-electron chi connectivity index (χ4n) is 3.68. The molecule has 4 rings (SSSR count). The summed E-state index contributed by atoms with van der Waals surface area (Å²) in [6, 6.07) is 11.9. The van der Waals surface area contributed by atoms with E-state index in [1.807, 2.05) is 24.3 Å². The minimum Gasteiger partial charge on any atom is -0.491 e. The molecule has 1 saturated heterocycles. The zero-order valence-corrected chi connectivity index (χ0v) is 17.6. The van der Waals surface area contributed by atoms with Crippen LogP contribution in [-0.4, -0.2) is 59.9 Å². The number of hydrogen-bond acceptors (Lipinski definition) is 8. The van der Waals surface area contributed by atoms with Crippen LogP contribution in [0.15, 0.2) is 55.1 Å². The molecule has 1 fully saturated rings. The lowest BCUT2D eigenvalue weighted by atomic mass is 10.0. The predicted molar refractivity (Wildman–Crippen MR) is 117 cm³/mol. The molecular formula is C23H27N5O3. The Labute approximate surface area is 182 Å². The standard InChI is InChI=1S/C23H27N5O3/c1-29-9-10-30-19-4-2-3-17(11-19)14-28-7-8-31-21(15-28)23-20(13-25-16-27-23)18-5-6-26-22(24)12-18/h2-6,11-13,16,21H,7-10,14-15H2,1H3,(H2,24,26)/t21-/m1/s1. The number of ether oxygens (including phenoxy) is 3. The summed E-state index contributed by atoms with van der Waals surface area (Å²) in [6.07, 6.45) is 4.91. The van der Waals surface area contributed by atoms with Gasteiger partial charge in [0.05, 0.1) is 18.9 Å². The summed E-state index contributed by atoms with van der Waals surface area (Å²) in [4.78, 5) is 15.2. The third-order valence-corrected chi connectivity index (χ3v) is 5.15. The predicted octanol–water partition coefficient (Wildman–Crippen LogP) is 2.72. The molecule has 2 N–H and O–H groups in total. The number of nitrogens with zero attached hydrogens (tertiary/aromatic N) is 4. The molecule has 1 aliphatic heterocycles. The minimum atomic E-state index is -0.151. The number of benzene rings is 1. The van der Waals surface area contributed by atoms with E-state index in [9.17, 15) is 0 Å². The van der Waals surface area contributed by atoms with E-state index in [2.05, 4.69) is 32.0 Å². The van der Waals surface area contributed by atoms with Crippen LogP contribution in [0.5, 0.6) is 5.75 Å². The Morgan fingerprint density at radius 3 is 3.00 bits per heavy atom. The van der Waals surface area contributed by atoms with Gasteiger partial charge in [-0.3, -0.25) is 4.90 Å². The van der Waals surface area contributed by atoms with Gasteiger partial charge in [-0.2, -0.15) is 0 Å². The van der Waals surface area contributed by atoms with E-state index in [1.54, 1.807) is 25.8 Å². The van der Waals surface area contributed by atoms with Gasteiger partial charge in [0.15, 0.2) is 0 Å². The molecule has 0 saturated carbocycles. The van der Waals surface area contributed by atoms with Gasteiger partial charge < -0.3 is 19.9 Å². The van der Waals surface area contributed by atoms with Crippen molar-refractivity contribution in [3.63, 3.8) is 0 Å². The molecule has 1 atom stereocenters. The third kappa shape index (κ3) is 5.55. The highest BCUT2D eigenvalue weighted by atomic mass is 16.5. The number of morpholine rings is 1. The van der Waals surface area contributed by atoms with E-state index in [0.717, 1.165) is 42.2 Å². The number of aromatic nitrogens is 3. The first-order valence-corrected chi connectivity index (χ1v) is 10.3. The lowest BCUT2D eigenvalue weighted by Crippen LogP contribution is -2.38. The summed E-state index contributed by atoms with van der Waals surface area (Å²) >= 11 is 0. The zero-order chi connectivity index (χ0) is 21.5. The first kappa shape index (κ1) is 21.2. The summed E-state index contributed by atoms with van der Waals surface area (Å²) in [5.74, 6) is 1.32. The number of pyridine rings is 1. The number of nitrogen functional groups attached to an aromatic ring is 1. The first-order chi connectivity index (χ1) is 15.2. The van der Waals surface area contributed by atoms with Gasteiger partial charge in [-0.1, -0.05) is 12.1 Å². The Hall–Kier alpha value is -3.07. The van der Waals surface area contributed by atoms with Crippen LogP contribution in [-0.2, 0) is 16.0 Å². The van der Waals surface area contributed by atoms with Crippen molar-refractivity contribution in [2.75, 3.05) is 45.8 Å². The van der Waals surface area contributed by atoms with Gasteiger partial charge in [0.2, 0.25) is 0 Å². The Morgan fingerprint density at radius 2 is 2.13 bits per heavy atom. The van der Waals surface area contributed by atoms with Gasteiger partial charge in [-0.15, -0.1) is 0 Å². The summed E-state index contributed by atoms with van der Waals surface area (Å²) in [7, 11) is 1.67. The van der Waals surface area contributed by atoms with Crippen molar-refractivity contribution in [3.8, 4) is 16.9 Å². The molecule has 31 heavy (non-hydrogen) atoms. The minimum absolute atomic E-state index is 0.151. The van der Waals surface area contributed by atoms with Crippen LogP contribution in [0.1, 0.15) is 17.4 Å². The van der Waals surface area contributed by atoms with Gasteiger partial charge in [0.1, 0.15) is 30.6 Å². The van der Waals surface area contributed by atoms with Crippen LogP contribution in [0.4, 0.5) is 5.82 Å². The summed E-state index contributed by atoms with van der Waals surface area (Å²) < 4.78 is 16.9. The molecule has 0 spiro atoms. The van der Waals surface area contributed by atoms with Gasteiger partial charge in [-0.25, -0.2) is 15.0 Å². The summed E-state index contributed by atoms with van der Waals surface area (Å²) in [6.45, 7) is 4.14. The molecule has 1 aromatic carbocycles. The van der Waals surface area contributed by atoms with Crippen molar-refractivity contribution in [1.82, 2.24) is 19.9 Å². The fraction of sp³-hybridized carbons (Fsp3) is 0.348. The summed E-state index contributed by atoms with van der Waals surface area (Å²) in [5.41, 5.74) is 9.78. The van der Waals surface area contributed by atoms with E-state index in [0.29, 0.717) is 25.6 Å². The average molecular weight is 422 g/mol. The Bertz CT molecular complexity index is 1000. The largest absolute Gasteiger partial charge is 0.491 e. The van der Waals surface area contributed by atoms with Crippen molar-refractivity contribution in [3.05, 3.63) is 66.4 Å². The maximum Gasteiger partial charge on any atom is 0.123 e. The maximum atomic E-state index is 6.10. The highest BCUT2D eigenvalue weighted by Gasteiger charge is 2.26. The lowest BCUT2D eigenvalue weighted by molar-refractivity contribution is -0.0347. The molecule has 8 heteroatoms. The lowest BCUT2D eigenvalue weighted by Gasteiger charge is -2.33. The normalized spacial score (nSPS) is 16.9. The topological polar surface area (TPSA) is 95.6 Å². The Morgan fingerprint density at radius 1 is 1.19 bits per heavy atom. The number of nitrogens with two attached hydrogens (primary N) is 1. The molecule has 162 valence electrons. The van der Waals surface area contributed by atoms with Crippen molar-refractivity contribution in [2.45, 2.75) is 12.6 Å². The molecule has 8 nitrogen and oxygen atoms in total. The van der Waals surface area contributed by atoms with Crippen molar-refractivity contribution in [1.29, 1.82) is 0 Å². The average Bonchev–Trinajstić information content (AvgIpc) is 2.80. The maximum absolute atomic E-state index is 6.10.